The highest BCUT2D eigenvalue weighted by Crippen LogP contribution is 2.31. The number of hydrogen-bond donors (Lipinski definition) is 0. The van der Waals surface area contributed by atoms with Crippen molar-refractivity contribution in [3.05, 3.63) is 89.0 Å². The van der Waals surface area contributed by atoms with Gasteiger partial charge in [0.15, 0.2) is 0 Å². The van der Waals surface area contributed by atoms with Crippen molar-refractivity contribution < 1.29 is 14.3 Å². The molecule has 5 heteroatoms. The van der Waals surface area contributed by atoms with E-state index in [9.17, 15) is 9.59 Å². The molecule has 1 aliphatic rings. The molecule has 3 aromatic rings. The maximum absolute atomic E-state index is 12.6. The molecule has 1 heterocycles. The van der Waals surface area contributed by atoms with Crippen molar-refractivity contribution in [1.29, 1.82) is 5.26 Å². The molecule has 4 rings (SSSR count). The number of benzene rings is 3. The Balaban J connectivity index is 1.74. The number of carbonyl (C=O) groups excluding carboxylic acids is 2. The predicted molar refractivity (Wildman–Crippen MR) is 114 cm³/mol. The predicted octanol–water partition coefficient (Wildman–Crippen LogP) is 4.65. The molecule has 0 unspecified atom stereocenters. The third kappa shape index (κ3) is 3.89. The van der Waals surface area contributed by atoms with Crippen LogP contribution in [-0.2, 0) is 16.0 Å². The molecule has 1 aliphatic heterocycles. The van der Waals surface area contributed by atoms with Crippen LogP contribution >= 0.6 is 0 Å². The van der Waals surface area contributed by atoms with Crippen molar-refractivity contribution >= 4 is 23.2 Å². The molecule has 0 atom stereocenters. The molecule has 0 fully saturated rings. The van der Waals surface area contributed by atoms with Crippen molar-refractivity contribution in [2.75, 3.05) is 7.11 Å². The van der Waals surface area contributed by atoms with E-state index in [4.69, 9.17) is 15.0 Å². The summed E-state index contributed by atoms with van der Waals surface area (Å²) in [5.41, 5.74) is 5.80. The Morgan fingerprint density at radius 2 is 1.73 bits per heavy atom. The Bertz CT molecular complexity index is 1240. The minimum atomic E-state index is -0.393. The Morgan fingerprint density at radius 3 is 2.53 bits per heavy atom. The van der Waals surface area contributed by atoms with Gasteiger partial charge in [0.05, 0.1) is 35.7 Å². The van der Waals surface area contributed by atoms with Gasteiger partial charge in [-0.15, -0.1) is 0 Å². The molecule has 146 valence electrons. The SMILES string of the molecule is COC(=O)c1cccc(-c2ccc3c(c2)CC(=O)CC(c2cccc(C#N)c2)=N3)c1. The van der Waals surface area contributed by atoms with Crippen LogP contribution < -0.4 is 0 Å². The standard InChI is InChI=1S/C25H18N2O3/c1-30-25(29)20-7-3-5-17(11-20)18-8-9-23-21(12-18)13-22(28)14-24(27-23)19-6-2-4-16(10-19)15-26/h2-12H,13-14H2,1H3. The average Bonchev–Trinajstić information content (AvgIpc) is 2.96. The first-order chi connectivity index (χ1) is 14.6. The molecule has 0 saturated heterocycles. The van der Waals surface area contributed by atoms with Gasteiger partial charge in [-0.25, -0.2) is 4.79 Å². The lowest BCUT2D eigenvalue weighted by atomic mass is 9.97. The van der Waals surface area contributed by atoms with Gasteiger partial charge in [0.1, 0.15) is 5.78 Å². The zero-order valence-electron chi connectivity index (χ0n) is 16.4. The van der Waals surface area contributed by atoms with Gasteiger partial charge in [0.25, 0.3) is 0 Å². The number of carbonyl (C=O) groups is 2. The monoisotopic (exact) mass is 394 g/mol. The maximum atomic E-state index is 12.6. The summed E-state index contributed by atoms with van der Waals surface area (Å²) in [5.74, 6) is -0.328. The number of nitrogens with zero attached hydrogens (tertiary/aromatic N) is 2. The first kappa shape index (κ1) is 19.3. The van der Waals surface area contributed by atoms with Gasteiger partial charge < -0.3 is 4.74 Å². The van der Waals surface area contributed by atoms with E-state index in [-0.39, 0.29) is 18.6 Å². The molecule has 5 nitrogen and oxygen atoms in total. The van der Waals surface area contributed by atoms with E-state index >= 15 is 0 Å². The maximum Gasteiger partial charge on any atom is 0.337 e. The molecule has 0 radical (unpaired) electrons. The van der Waals surface area contributed by atoms with Gasteiger partial charge in [-0.3, -0.25) is 9.79 Å². The van der Waals surface area contributed by atoms with Crippen molar-refractivity contribution in [1.82, 2.24) is 0 Å². The van der Waals surface area contributed by atoms with Crippen LogP contribution in [0.2, 0.25) is 0 Å². The highest BCUT2D eigenvalue weighted by molar-refractivity contribution is 6.13. The summed E-state index contributed by atoms with van der Waals surface area (Å²) >= 11 is 0. The van der Waals surface area contributed by atoms with Crippen LogP contribution in [0.15, 0.2) is 71.7 Å². The number of ether oxygens (including phenoxy) is 1. The van der Waals surface area contributed by atoms with Gasteiger partial charge >= 0.3 is 5.97 Å². The molecule has 0 bridgehead atoms. The first-order valence-electron chi connectivity index (χ1n) is 9.49. The van der Waals surface area contributed by atoms with Crippen LogP contribution in [0.25, 0.3) is 11.1 Å². The number of nitriles is 1. The van der Waals surface area contributed by atoms with Crippen LogP contribution in [0.4, 0.5) is 5.69 Å². The fraction of sp³-hybridized carbons (Fsp3) is 0.120. The van der Waals surface area contributed by atoms with Gasteiger partial charge in [0.2, 0.25) is 0 Å². The van der Waals surface area contributed by atoms with E-state index in [1.165, 1.54) is 7.11 Å². The highest BCUT2D eigenvalue weighted by Gasteiger charge is 2.19. The quantitative estimate of drug-likeness (QED) is 0.606. The van der Waals surface area contributed by atoms with E-state index in [1.807, 2.05) is 30.3 Å². The molecule has 0 amide bonds. The third-order valence-corrected chi connectivity index (χ3v) is 5.03. The second kappa shape index (κ2) is 8.14. The van der Waals surface area contributed by atoms with Gasteiger partial charge in [-0.05, 0) is 58.7 Å². The smallest absolute Gasteiger partial charge is 0.337 e. The number of esters is 1. The summed E-state index contributed by atoms with van der Waals surface area (Å²) in [7, 11) is 1.35. The number of ketones is 1. The van der Waals surface area contributed by atoms with E-state index in [1.54, 1.807) is 36.4 Å². The Morgan fingerprint density at radius 1 is 0.967 bits per heavy atom. The number of methoxy groups -OCH3 is 1. The third-order valence-electron chi connectivity index (χ3n) is 5.03. The molecule has 3 aromatic carbocycles. The van der Waals surface area contributed by atoms with Crippen LogP contribution in [0.1, 0.15) is 33.5 Å². The largest absolute Gasteiger partial charge is 0.465 e. The molecule has 0 N–H and O–H groups in total. The Kier molecular flexibility index (Phi) is 5.23. The summed E-state index contributed by atoms with van der Waals surface area (Å²) in [6.45, 7) is 0. The molecule has 0 saturated carbocycles. The van der Waals surface area contributed by atoms with E-state index in [2.05, 4.69) is 6.07 Å². The van der Waals surface area contributed by atoms with Gasteiger partial charge in [-0.1, -0.05) is 30.3 Å². The number of hydrogen-bond acceptors (Lipinski definition) is 5. The lowest BCUT2D eigenvalue weighted by molar-refractivity contribution is -0.117. The van der Waals surface area contributed by atoms with E-state index in [0.29, 0.717) is 16.8 Å². The Hall–Kier alpha value is -4.04. The number of rotatable bonds is 3. The van der Waals surface area contributed by atoms with Crippen LogP contribution in [-0.4, -0.2) is 24.6 Å². The van der Waals surface area contributed by atoms with Crippen LogP contribution in [0.3, 0.4) is 0 Å². The highest BCUT2D eigenvalue weighted by atomic mass is 16.5. The summed E-state index contributed by atoms with van der Waals surface area (Å²) in [6.07, 6.45) is 0.502. The van der Waals surface area contributed by atoms with E-state index in [0.717, 1.165) is 27.9 Å². The summed E-state index contributed by atoms with van der Waals surface area (Å²) < 4.78 is 4.80. The minimum Gasteiger partial charge on any atom is -0.465 e. The zero-order chi connectivity index (χ0) is 21.1. The fourth-order valence-electron chi connectivity index (χ4n) is 3.54. The average molecular weight is 394 g/mol. The summed E-state index contributed by atoms with van der Waals surface area (Å²) in [5, 5.41) is 9.15. The second-order valence-electron chi connectivity index (χ2n) is 7.06. The number of fused-ring (bicyclic) bond motifs is 1. The van der Waals surface area contributed by atoms with Crippen molar-refractivity contribution in [3.63, 3.8) is 0 Å². The first-order valence-corrected chi connectivity index (χ1v) is 9.49. The lowest BCUT2D eigenvalue weighted by Crippen LogP contribution is -2.09. The van der Waals surface area contributed by atoms with Crippen molar-refractivity contribution in [3.8, 4) is 17.2 Å². The summed E-state index contributed by atoms with van der Waals surface area (Å²) in [6, 6.07) is 22.2. The topological polar surface area (TPSA) is 79.5 Å². The number of aliphatic imine (C=N–C) groups is 1. The normalized spacial score (nSPS) is 12.9. The zero-order valence-corrected chi connectivity index (χ0v) is 16.4. The second-order valence-corrected chi connectivity index (χ2v) is 7.06. The van der Waals surface area contributed by atoms with Crippen LogP contribution in [0, 0.1) is 11.3 Å². The van der Waals surface area contributed by atoms with Crippen molar-refractivity contribution in [2.45, 2.75) is 12.8 Å². The van der Waals surface area contributed by atoms with Crippen LogP contribution in [0.5, 0.6) is 0 Å². The molecule has 0 aliphatic carbocycles. The Labute approximate surface area is 174 Å². The molecule has 0 aromatic heterocycles. The van der Waals surface area contributed by atoms with Gasteiger partial charge in [-0.2, -0.15) is 5.26 Å². The molecular formula is C25H18N2O3. The lowest BCUT2D eigenvalue weighted by Gasteiger charge is -2.08. The van der Waals surface area contributed by atoms with Gasteiger partial charge in [0, 0.05) is 12.8 Å². The fourth-order valence-corrected chi connectivity index (χ4v) is 3.54. The van der Waals surface area contributed by atoms with E-state index < -0.39 is 5.97 Å². The molecular weight excluding hydrogens is 376 g/mol. The number of Topliss-reactive ketones (excluding diaryl/α,β-unsaturated/α-hetero) is 1. The molecule has 30 heavy (non-hydrogen) atoms. The summed E-state index contributed by atoms with van der Waals surface area (Å²) in [4.78, 5) is 29.2. The van der Waals surface area contributed by atoms with Crippen molar-refractivity contribution in [2.24, 2.45) is 4.99 Å². The minimum absolute atomic E-state index is 0.0651. The molecule has 0 spiro atoms.